The third-order valence-corrected chi connectivity index (χ3v) is 4.80. The molecule has 110 valence electrons. The highest BCUT2D eigenvalue weighted by Gasteiger charge is 2.23. The zero-order chi connectivity index (χ0) is 14.5. The Kier molecular flexibility index (Phi) is 5.43. The Hall–Kier alpha value is -1.07. The van der Waals surface area contributed by atoms with Gasteiger partial charge in [0.15, 0.2) is 0 Å². The molecule has 1 atom stereocenters. The van der Waals surface area contributed by atoms with Gasteiger partial charge in [-0.3, -0.25) is 4.79 Å². The minimum absolute atomic E-state index is 0.0708. The third-order valence-electron chi connectivity index (χ3n) is 3.64. The third kappa shape index (κ3) is 3.33. The van der Waals surface area contributed by atoms with Gasteiger partial charge in [-0.25, -0.2) is 4.39 Å². The summed E-state index contributed by atoms with van der Waals surface area (Å²) in [4.78, 5) is 14.5. The highest BCUT2D eigenvalue weighted by molar-refractivity contribution is 7.99. The molecule has 1 aromatic rings. The molecule has 0 aliphatic carbocycles. The van der Waals surface area contributed by atoms with Gasteiger partial charge in [-0.15, -0.1) is 11.8 Å². The van der Waals surface area contributed by atoms with Gasteiger partial charge in [0.2, 0.25) is 5.91 Å². The summed E-state index contributed by atoms with van der Waals surface area (Å²) in [5.74, 6) is 0.825. The largest absolute Gasteiger partial charge is 0.342 e. The number of likely N-dealkylation sites (N-methyl/N-ethyl adjacent to an activating group) is 1. The summed E-state index contributed by atoms with van der Waals surface area (Å²) in [6.07, 6.45) is 0.923. The van der Waals surface area contributed by atoms with Gasteiger partial charge in [0.1, 0.15) is 5.82 Å². The van der Waals surface area contributed by atoms with Crippen molar-refractivity contribution in [3.8, 4) is 0 Å². The second-order valence-corrected chi connectivity index (χ2v) is 5.90. The summed E-state index contributed by atoms with van der Waals surface area (Å²) in [6.45, 7) is 5.71. The Morgan fingerprint density at radius 1 is 1.45 bits per heavy atom. The summed E-state index contributed by atoms with van der Waals surface area (Å²) in [5, 5.41) is 3.28. The fraction of sp³-hybridized carbons (Fsp3) is 0.533. The Morgan fingerprint density at radius 2 is 2.20 bits per heavy atom. The van der Waals surface area contributed by atoms with Gasteiger partial charge in [0.25, 0.3) is 0 Å². The van der Waals surface area contributed by atoms with Crippen molar-refractivity contribution in [2.75, 3.05) is 25.4 Å². The van der Waals surface area contributed by atoms with Crippen LogP contribution in [0.5, 0.6) is 0 Å². The molecule has 1 N–H and O–H groups in total. The first-order chi connectivity index (χ1) is 9.67. The number of rotatable bonds is 5. The second-order valence-electron chi connectivity index (χ2n) is 4.79. The predicted molar refractivity (Wildman–Crippen MR) is 80.4 cm³/mol. The van der Waals surface area contributed by atoms with E-state index in [0.717, 1.165) is 35.7 Å². The van der Waals surface area contributed by atoms with Crippen molar-refractivity contribution in [2.45, 2.75) is 31.2 Å². The molecule has 0 radical (unpaired) electrons. The fourth-order valence-electron chi connectivity index (χ4n) is 2.50. The fourth-order valence-corrected chi connectivity index (χ4v) is 3.64. The smallest absolute Gasteiger partial charge is 0.236 e. The number of carbonyl (C=O) groups is 1. The van der Waals surface area contributed by atoms with Gasteiger partial charge in [0, 0.05) is 24.0 Å². The van der Waals surface area contributed by atoms with E-state index in [0.29, 0.717) is 6.54 Å². The maximum Gasteiger partial charge on any atom is 0.236 e. The van der Waals surface area contributed by atoms with Crippen molar-refractivity contribution in [3.05, 3.63) is 29.6 Å². The maximum atomic E-state index is 13.8. The lowest BCUT2D eigenvalue weighted by Crippen LogP contribution is -2.39. The Morgan fingerprint density at radius 3 is 2.90 bits per heavy atom. The molecule has 1 aliphatic rings. The normalized spacial score (nSPS) is 17.6. The van der Waals surface area contributed by atoms with Crippen LogP contribution in [0.1, 0.15) is 31.9 Å². The molecular weight excluding hydrogens is 275 g/mol. The number of thioether (sulfide) groups is 1. The van der Waals surface area contributed by atoms with Crippen LogP contribution in [0.2, 0.25) is 0 Å². The SMILES string of the molecule is CCN(CC)C(=O)CNC1CCSc2c(F)cccc21. The topological polar surface area (TPSA) is 32.3 Å². The number of benzene rings is 1. The van der Waals surface area contributed by atoms with Gasteiger partial charge >= 0.3 is 0 Å². The van der Waals surface area contributed by atoms with E-state index in [2.05, 4.69) is 5.32 Å². The van der Waals surface area contributed by atoms with Crippen LogP contribution >= 0.6 is 11.8 Å². The molecule has 0 fully saturated rings. The van der Waals surface area contributed by atoms with Crippen molar-refractivity contribution in [1.29, 1.82) is 0 Å². The number of nitrogens with one attached hydrogen (secondary N) is 1. The number of halogens is 1. The first-order valence-electron chi connectivity index (χ1n) is 7.09. The minimum atomic E-state index is -0.158. The quantitative estimate of drug-likeness (QED) is 0.907. The van der Waals surface area contributed by atoms with E-state index >= 15 is 0 Å². The minimum Gasteiger partial charge on any atom is -0.342 e. The Balaban J connectivity index is 2.02. The van der Waals surface area contributed by atoms with Crippen LogP contribution in [0.4, 0.5) is 4.39 Å². The number of hydrogen-bond acceptors (Lipinski definition) is 3. The number of fused-ring (bicyclic) bond motifs is 1. The molecule has 20 heavy (non-hydrogen) atoms. The van der Waals surface area contributed by atoms with Crippen molar-refractivity contribution in [2.24, 2.45) is 0 Å². The number of nitrogens with zero attached hydrogens (tertiary/aromatic N) is 1. The van der Waals surface area contributed by atoms with E-state index in [1.807, 2.05) is 19.9 Å². The molecule has 1 aliphatic heterocycles. The summed E-state index contributed by atoms with van der Waals surface area (Å²) in [6, 6.07) is 5.25. The van der Waals surface area contributed by atoms with Crippen LogP contribution in [0.25, 0.3) is 0 Å². The van der Waals surface area contributed by atoms with Crippen LogP contribution in [0.3, 0.4) is 0 Å². The predicted octanol–water partition coefficient (Wildman–Crippen LogP) is 2.82. The lowest BCUT2D eigenvalue weighted by atomic mass is 10.0. The zero-order valence-corrected chi connectivity index (χ0v) is 12.8. The Bertz CT molecular complexity index is 477. The average molecular weight is 296 g/mol. The molecule has 0 saturated carbocycles. The lowest BCUT2D eigenvalue weighted by molar-refractivity contribution is -0.130. The van der Waals surface area contributed by atoms with Gasteiger partial charge in [0.05, 0.1) is 6.54 Å². The van der Waals surface area contributed by atoms with Gasteiger partial charge in [-0.05, 0) is 37.7 Å². The average Bonchev–Trinajstić information content (AvgIpc) is 2.47. The lowest BCUT2D eigenvalue weighted by Gasteiger charge is -2.27. The molecule has 1 heterocycles. The number of hydrogen-bond donors (Lipinski definition) is 1. The van der Waals surface area contributed by atoms with Crippen molar-refractivity contribution >= 4 is 17.7 Å². The molecule has 1 aromatic carbocycles. The summed E-state index contributed by atoms with van der Waals surface area (Å²) < 4.78 is 13.8. The van der Waals surface area contributed by atoms with Crippen molar-refractivity contribution in [1.82, 2.24) is 10.2 Å². The van der Waals surface area contributed by atoms with Gasteiger partial charge in [-0.1, -0.05) is 12.1 Å². The van der Waals surface area contributed by atoms with Gasteiger partial charge in [-0.2, -0.15) is 0 Å². The van der Waals surface area contributed by atoms with E-state index in [1.165, 1.54) is 6.07 Å². The monoisotopic (exact) mass is 296 g/mol. The standard InChI is InChI=1S/C15H21FN2OS/c1-3-18(4-2)14(19)10-17-13-8-9-20-15-11(13)6-5-7-12(15)16/h5-7,13,17H,3-4,8-10H2,1-2H3. The van der Waals surface area contributed by atoms with E-state index in [9.17, 15) is 9.18 Å². The molecule has 0 bridgehead atoms. The van der Waals surface area contributed by atoms with Crippen LogP contribution in [0.15, 0.2) is 23.1 Å². The number of carbonyl (C=O) groups excluding carboxylic acids is 1. The summed E-state index contributed by atoms with van der Waals surface area (Å²) in [5.41, 5.74) is 0.980. The zero-order valence-electron chi connectivity index (χ0n) is 12.0. The molecule has 1 amide bonds. The molecule has 0 aromatic heterocycles. The highest BCUT2D eigenvalue weighted by atomic mass is 32.2. The van der Waals surface area contributed by atoms with E-state index in [1.54, 1.807) is 22.7 Å². The number of amides is 1. The van der Waals surface area contributed by atoms with Crippen LogP contribution in [-0.2, 0) is 4.79 Å². The highest BCUT2D eigenvalue weighted by Crippen LogP contribution is 2.37. The first kappa shape index (κ1) is 15.3. The van der Waals surface area contributed by atoms with Crippen LogP contribution in [0, 0.1) is 5.82 Å². The van der Waals surface area contributed by atoms with E-state index in [4.69, 9.17) is 0 Å². The van der Waals surface area contributed by atoms with Gasteiger partial charge < -0.3 is 10.2 Å². The van der Waals surface area contributed by atoms with Crippen LogP contribution < -0.4 is 5.32 Å². The molecule has 0 spiro atoms. The molecule has 0 saturated heterocycles. The molecule has 1 unspecified atom stereocenters. The first-order valence-corrected chi connectivity index (χ1v) is 8.08. The van der Waals surface area contributed by atoms with E-state index in [-0.39, 0.29) is 17.8 Å². The molecule has 3 nitrogen and oxygen atoms in total. The molecular formula is C15H21FN2OS. The summed E-state index contributed by atoms with van der Waals surface area (Å²) >= 11 is 1.56. The second kappa shape index (κ2) is 7.09. The van der Waals surface area contributed by atoms with E-state index < -0.39 is 0 Å². The van der Waals surface area contributed by atoms with Crippen molar-refractivity contribution in [3.63, 3.8) is 0 Å². The Labute approximate surface area is 123 Å². The van der Waals surface area contributed by atoms with Crippen molar-refractivity contribution < 1.29 is 9.18 Å². The molecule has 5 heteroatoms. The molecule has 2 rings (SSSR count). The maximum absolute atomic E-state index is 13.8. The van der Waals surface area contributed by atoms with Crippen LogP contribution in [-0.4, -0.2) is 36.2 Å². The summed E-state index contributed by atoms with van der Waals surface area (Å²) in [7, 11) is 0.